The summed E-state index contributed by atoms with van der Waals surface area (Å²) < 4.78 is 36.3. The van der Waals surface area contributed by atoms with Crippen molar-refractivity contribution in [1.82, 2.24) is 9.97 Å². The van der Waals surface area contributed by atoms with Crippen molar-refractivity contribution in [3.63, 3.8) is 0 Å². The van der Waals surface area contributed by atoms with Gasteiger partial charge in [0, 0.05) is 6.42 Å². The quantitative estimate of drug-likeness (QED) is 0.809. The molecule has 8 heteroatoms. The number of nitrogens with two attached hydrogens (primary N) is 2. The van der Waals surface area contributed by atoms with Gasteiger partial charge in [-0.3, -0.25) is 0 Å². The monoisotopic (exact) mass is 332 g/mol. The first kappa shape index (κ1) is 12.3. The number of aryl methyl sites for hydroxylation is 1. The Morgan fingerprint density at radius 2 is 1.80 bits per heavy atom. The lowest BCUT2D eigenvalue weighted by Gasteiger charge is -2.08. The highest BCUT2D eigenvalue weighted by molar-refractivity contribution is 14.1. The zero-order valence-corrected chi connectivity index (χ0v) is 9.63. The van der Waals surface area contributed by atoms with Crippen LogP contribution in [0.25, 0.3) is 0 Å². The highest BCUT2D eigenvalue weighted by Gasteiger charge is 2.27. The first-order valence-corrected chi connectivity index (χ1v) is 5.01. The second-order valence-corrected chi connectivity index (χ2v) is 3.92. The summed E-state index contributed by atoms with van der Waals surface area (Å²) in [5.41, 5.74) is 11.0. The molecule has 1 heterocycles. The van der Waals surface area contributed by atoms with Crippen molar-refractivity contribution in [3.05, 3.63) is 9.26 Å². The van der Waals surface area contributed by atoms with E-state index in [4.69, 9.17) is 11.5 Å². The fourth-order valence-electron chi connectivity index (χ4n) is 0.958. The van der Waals surface area contributed by atoms with E-state index >= 15 is 0 Å². The summed E-state index contributed by atoms with van der Waals surface area (Å²) in [7, 11) is 0. The van der Waals surface area contributed by atoms with Gasteiger partial charge in [-0.05, 0) is 29.0 Å². The maximum absolute atomic E-state index is 12.0. The van der Waals surface area contributed by atoms with E-state index in [0.717, 1.165) is 0 Å². The number of rotatable bonds is 2. The summed E-state index contributed by atoms with van der Waals surface area (Å²) in [6, 6.07) is 0. The summed E-state index contributed by atoms with van der Waals surface area (Å²) in [5, 5.41) is 0. The number of nitrogen functional groups attached to an aromatic ring is 2. The van der Waals surface area contributed by atoms with Crippen molar-refractivity contribution in [2.45, 2.75) is 19.0 Å². The number of halogens is 4. The first-order chi connectivity index (χ1) is 6.79. The van der Waals surface area contributed by atoms with Crippen LogP contribution in [0, 0.1) is 3.57 Å². The molecule has 0 aromatic carbocycles. The normalized spacial score (nSPS) is 11.7. The van der Waals surface area contributed by atoms with E-state index in [1.165, 1.54) is 0 Å². The minimum Gasteiger partial charge on any atom is -0.383 e. The Morgan fingerprint density at radius 3 is 2.33 bits per heavy atom. The van der Waals surface area contributed by atoms with E-state index < -0.39 is 12.6 Å². The van der Waals surface area contributed by atoms with Gasteiger partial charge in [-0.1, -0.05) is 0 Å². The van der Waals surface area contributed by atoms with Crippen LogP contribution in [0.5, 0.6) is 0 Å². The Morgan fingerprint density at radius 1 is 1.20 bits per heavy atom. The highest BCUT2D eigenvalue weighted by Crippen LogP contribution is 2.24. The molecule has 0 fully saturated rings. The molecule has 4 N–H and O–H groups in total. The van der Waals surface area contributed by atoms with Crippen LogP contribution in [0.2, 0.25) is 0 Å². The lowest BCUT2D eigenvalue weighted by Crippen LogP contribution is -2.12. The van der Waals surface area contributed by atoms with E-state index in [-0.39, 0.29) is 23.9 Å². The molecule has 0 amide bonds. The number of hydrogen-bond acceptors (Lipinski definition) is 4. The lowest BCUT2D eigenvalue weighted by atomic mass is 10.2. The largest absolute Gasteiger partial charge is 0.389 e. The van der Waals surface area contributed by atoms with Crippen LogP contribution >= 0.6 is 22.6 Å². The molecular formula is C7H8F3IN4. The van der Waals surface area contributed by atoms with Crippen LogP contribution in [-0.2, 0) is 6.42 Å². The summed E-state index contributed by atoms with van der Waals surface area (Å²) >= 11 is 1.80. The van der Waals surface area contributed by atoms with Crippen molar-refractivity contribution in [2.24, 2.45) is 0 Å². The van der Waals surface area contributed by atoms with Gasteiger partial charge in [0.05, 0.1) is 9.26 Å². The maximum atomic E-state index is 12.0. The van der Waals surface area contributed by atoms with Crippen molar-refractivity contribution in [3.8, 4) is 0 Å². The second kappa shape index (κ2) is 4.37. The van der Waals surface area contributed by atoms with E-state index in [1.54, 1.807) is 22.6 Å². The van der Waals surface area contributed by atoms with Crippen molar-refractivity contribution in [1.29, 1.82) is 0 Å². The Balaban J connectivity index is 2.86. The molecule has 1 rings (SSSR count). The highest BCUT2D eigenvalue weighted by atomic mass is 127. The zero-order valence-electron chi connectivity index (χ0n) is 7.48. The van der Waals surface area contributed by atoms with Crippen molar-refractivity contribution >= 4 is 34.4 Å². The van der Waals surface area contributed by atoms with E-state index in [0.29, 0.717) is 3.57 Å². The molecule has 0 saturated heterocycles. The molecule has 0 radical (unpaired) electrons. The van der Waals surface area contributed by atoms with Gasteiger partial charge in [0.25, 0.3) is 0 Å². The predicted molar refractivity (Wildman–Crippen MR) is 57.9 cm³/mol. The molecule has 1 aromatic heterocycles. The van der Waals surface area contributed by atoms with Crippen LogP contribution in [-0.4, -0.2) is 16.1 Å². The Bertz CT molecular complexity index is 366. The summed E-state index contributed by atoms with van der Waals surface area (Å²) in [6.45, 7) is 0. The Labute approximate surface area is 97.4 Å². The molecule has 0 aliphatic carbocycles. The zero-order chi connectivity index (χ0) is 11.6. The molecule has 0 bridgehead atoms. The fourth-order valence-corrected chi connectivity index (χ4v) is 1.47. The summed E-state index contributed by atoms with van der Waals surface area (Å²) in [5.74, 6) is 0.00497. The number of hydrogen-bond donors (Lipinski definition) is 2. The van der Waals surface area contributed by atoms with Gasteiger partial charge in [0.15, 0.2) is 0 Å². The minimum absolute atomic E-state index is 0.106. The summed E-state index contributed by atoms with van der Waals surface area (Å²) in [4.78, 5) is 7.35. The van der Waals surface area contributed by atoms with Gasteiger partial charge in [-0.2, -0.15) is 18.2 Å². The molecular weight excluding hydrogens is 324 g/mol. The first-order valence-electron chi connectivity index (χ1n) is 3.93. The van der Waals surface area contributed by atoms with Gasteiger partial charge in [0.1, 0.15) is 5.82 Å². The van der Waals surface area contributed by atoms with E-state index in [1.807, 2.05) is 0 Å². The Hall–Kier alpha value is -0.800. The van der Waals surface area contributed by atoms with Crippen LogP contribution in [0.3, 0.4) is 0 Å². The molecule has 0 spiro atoms. The van der Waals surface area contributed by atoms with Gasteiger partial charge in [-0.25, -0.2) is 4.98 Å². The molecule has 0 aliphatic rings. The van der Waals surface area contributed by atoms with Gasteiger partial charge in [0.2, 0.25) is 5.95 Å². The average Bonchev–Trinajstić information content (AvgIpc) is 2.07. The summed E-state index contributed by atoms with van der Waals surface area (Å²) in [6.07, 6.45) is -5.39. The van der Waals surface area contributed by atoms with Crippen molar-refractivity contribution in [2.75, 3.05) is 11.5 Å². The lowest BCUT2D eigenvalue weighted by molar-refractivity contribution is -0.134. The number of alkyl halides is 3. The van der Waals surface area contributed by atoms with Gasteiger partial charge in [-0.15, -0.1) is 0 Å². The third-order valence-electron chi connectivity index (χ3n) is 1.61. The van der Waals surface area contributed by atoms with Gasteiger partial charge < -0.3 is 11.5 Å². The molecule has 0 unspecified atom stereocenters. The Kier molecular flexibility index (Phi) is 3.58. The average molecular weight is 332 g/mol. The van der Waals surface area contributed by atoms with Crippen molar-refractivity contribution < 1.29 is 13.2 Å². The van der Waals surface area contributed by atoms with Crippen LogP contribution in [0.15, 0.2) is 0 Å². The molecule has 15 heavy (non-hydrogen) atoms. The third kappa shape index (κ3) is 3.68. The number of nitrogens with zero attached hydrogens (tertiary/aromatic N) is 2. The number of anilines is 2. The van der Waals surface area contributed by atoms with Crippen LogP contribution in [0.4, 0.5) is 24.9 Å². The van der Waals surface area contributed by atoms with Crippen LogP contribution in [0.1, 0.15) is 12.1 Å². The maximum Gasteiger partial charge on any atom is 0.389 e. The SMILES string of the molecule is Nc1nc(N)c(I)c(CCC(F)(F)F)n1. The topological polar surface area (TPSA) is 77.8 Å². The molecule has 1 aromatic rings. The molecule has 84 valence electrons. The fraction of sp³-hybridized carbons (Fsp3) is 0.429. The third-order valence-corrected chi connectivity index (χ3v) is 2.78. The minimum atomic E-state index is -4.21. The van der Waals surface area contributed by atoms with E-state index in [2.05, 4.69) is 9.97 Å². The van der Waals surface area contributed by atoms with Gasteiger partial charge >= 0.3 is 6.18 Å². The van der Waals surface area contributed by atoms with E-state index in [9.17, 15) is 13.2 Å². The molecule has 0 aliphatic heterocycles. The molecule has 0 saturated carbocycles. The smallest absolute Gasteiger partial charge is 0.383 e. The number of aromatic nitrogens is 2. The predicted octanol–water partition coefficient (Wildman–Crippen LogP) is 1.74. The molecule has 0 atom stereocenters. The van der Waals surface area contributed by atoms with Crippen LogP contribution < -0.4 is 11.5 Å². The molecule has 4 nitrogen and oxygen atoms in total. The second-order valence-electron chi connectivity index (χ2n) is 2.84. The standard InChI is InChI=1S/C7H8F3IN4/c8-7(9,10)2-1-3-4(11)5(12)15-6(13)14-3/h1-2H2,(H4,12,13,14,15).